The SMILES string of the molecule is CC(c1ccsc1)N1CCN(CC(=O)N2CCCCC2)CC1. The van der Waals surface area contributed by atoms with E-state index in [2.05, 4.69) is 38.4 Å². The van der Waals surface area contributed by atoms with E-state index in [0.717, 1.165) is 39.3 Å². The summed E-state index contributed by atoms with van der Waals surface area (Å²) in [5.41, 5.74) is 1.42. The van der Waals surface area contributed by atoms with Gasteiger partial charge in [0.05, 0.1) is 6.54 Å². The van der Waals surface area contributed by atoms with E-state index >= 15 is 0 Å². The minimum absolute atomic E-state index is 0.332. The van der Waals surface area contributed by atoms with Crippen molar-refractivity contribution < 1.29 is 4.79 Å². The number of rotatable bonds is 4. The number of hydrogen-bond donors (Lipinski definition) is 0. The Morgan fingerprint density at radius 1 is 1.14 bits per heavy atom. The van der Waals surface area contributed by atoms with E-state index in [0.29, 0.717) is 18.5 Å². The lowest BCUT2D eigenvalue weighted by Crippen LogP contribution is -2.51. The van der Waals surface area contributed by atoms with Crippen LogP contribution >= 0.6 is 11.3 Å². The molecule has 2 aliphatic heterocycles. The summed E-state index contributed by atoms with van der Waals surface area (Å²) >= 11 is 1.77. The molecule has 1 amide bonds. The van der Waals surface area contributed by atoms with Gasteiger partial charge in [-0.25, -0.2) is 0 Å². The fourth-order valence-corrected chi connectivity index (χ4v) is 4.21. The zero-order valence-electron chi connectivity index (χ0n) is 13.5. The minimum Gasteiger partial charge on any atom is -0.342 e. The first kappa shape index (κ1) is 16.0. The van der Waals surface area contributed by atoms with Crippen molar-refractivity contribution >= 4 is 17.2 Å². The first-order chi connectivity index (χ1) is 10.7. The number of piperazine rings is 1. The van der Waals surface area contributed by atoms with E-state index in [9.17, 15) is 4.79 Å². The highest BCUT2D eigenvalue weighted by molar-refractivity contribution is 7.07. The van der Waals surface area contributed by atoms with Gasteiger partial charge in [-0.1, -0.05) is 0 Å². The zero-order valence-corrected chi connectivity index (χ0v) is 14.4. The number of amides is 1. The number of likely N-dealkylation sites (tertiary alicyclic amines) is 1. The van der Waals surface area contributed by atoms with Crippen molar-refractivity contribution in [3.63, 3.8) is 0 Å². The van der Waals surface area contributed by atoms with Crippen LogP contribution in [0.3, 0.4) is 0 Å². The average Bonchev–Trinajstić information content (AvgIpc) is 3.10. The number of carbonyl (C=O) groups excluding carboxylic acids is 1. The van der Waals surface area contributed by atoms with Crippen LogP contribution in [-0.4, -0.2) is 66.4 Å². The van der Waals surface area contributed by atoms with Crippen LogP contribution in [0.2, 0.25) is 0 Å². The van der Waals surface area contributed by atoms with Crippen LogP contribution in [-0.2, 0) is 4.79 Å². The molecule has 1 aromatic heterocycles. The molecule has 0 aliphatic carbocycles. The minimum atomic E-state index is 0.332. The Hall–Kier alpha value is -0.910. The molecule has 0 bridgehead atoms. The number of nitrogens with zero attached hydrogens (tertiary/aromatic N) is 3. The summed E-state index contributed by atoms with van der Waals surface area (Å²) in [6.45, 7) is 8.97. The lowest BCUT2D eigenvalue weighted by atomic mass is 10.1. The molecule has 22 heavy (non-hydrogen) atoms. The average molecular weight is 321 g/mol. The highest BCUT2D eigenvalue weighted by Crippen LogP contribution is 2.23. The summed E-state index contributed by atoms with van der Waals surface area (Å²) in [4.78, 5) is 19.3. The molecular formula is C17H27N3OS. The third-order valence-electron chi connectivity index (χ3n) is 5.05. The standard InChI is InChI=1S/C17H27N3OS/c1-15(16-5-12-22-14-16)19-10-8-18(9-11-19)13-17(21)20-6-3-2-4-7-20/h5,12,14-15H,2-4,6-11,13H2,1H3. The van der Waals surface area contributed by atoms with Gasteiger partial charge >= 0.3 is 0 Å². The summed E-state index contributed by atoms with van der Waals surface area (Å²) in [6.07, 6.45) is 3.64. The first-order valence-corrected chi connectivity index (χ1v) is 9.44. The third-order valence-corrected chi connectivity index (χ3v) is 5.75. The number of carbonyl (C=O) groups is 1. The summed E-state index contributed by atoms with van der Waals surface area (Å²) in [5.74, 6) is 0.332. The summed E-state index contributed by atoms with van der Waals surface area (Å²) in [6, 6.07) is 2.72. The third kappa shape index (κ3) is 3.89. The van der Waals surface area contributed by atoms with Crippen molar-refractivity contribution in [3.05, 3.63) is 22.4 Å². The first-order valence-electron chi connectivity index (χ1n) is 8.50. The molecule has 0 aromatic carbocycles. The summed E-state index contributed by atoms with van der Waals surface area (Å²) in [7, 11) is 0. The van der Waals surface area contributed by atoms with E-state index in [1.807, 2.05) is 0 Å². The molecule has 2 aliphatic rings. The second kappa shape index (κ2) is 7.57. The topological polar surface area (TPSA) is 26.8 Å². The molecule has 122 valence electrons. The van der Waals surface area contributed by atoms with Gasteiger partial charge in [-0.2, -0.15) is 11.3 Å². The molecule has 3 rings (SSSR count). The predicted molar refractivity (Wildman–Crippen MR) is 91.2 cm³/mol. The zero-order chi connectivity index (χ0) is 15.4. The van der Waals surface area contributed by atoms with Gasteiger partial charge < -0.3 is 4.90 Å². The number of thiophene rings is 1. The van der Waals surface area contributed by atoms with Gasteiger partial charge in [0, 0.05) is 45.3 Å². The van der Waals surface area contributed by atoms with Crippen molar-refractivity contribution in [2.24, 2.45) is 0 Å². The van der Waals surface area contributed by atoms with Gasteiger partial charge in [0.2, 0.25) is 5.91 Å². The predicted octanol–water partition coefficient (Wildman–Crippen LogP) is 2.44. The number of piperidine rings is 1. The van der Waals surface area contributed by atoms with Gasteiger partial charge in [0.15, 0.2) is 0 Å². The highest BCUT2D eigenvalue weighted by Gasteiger charge is 2.25. The Labute approximate surface area is 137 Å². The molecule has 2 saturated heterocycles. The van der Waals surface area contributed by atoms with Crippen molar-refractivity contribution in [1.82, 2.24) is 14.7 Å². The Balaban J connectivity index is 1.44. The molecule has 1 atom stereocenters. The van der Waals surface area contributed by atoms with Gasteiger partial charge in [-0.3, -0.25) is 14.6 Å². The van der Waals surface area contributed by atoms with Crippen molar-refractivity contribution in [3.8, 4) is 0 Å². The van der Waals surface area contributed by atoms with E-state index < -0.39 is 0 Å². The lowest BCUT2D eigenvalue weighted by Gasteiger charge is -2.38. The van der Waals surface area contributed by atoms with E-state index in [1.165, 1.54) is 24.8 Å². The molecule has 0 spiro atoms. The number of hydrogen-bond acceptors (Lipinski definition) is 4. The highest BCUT2D eigenvalue weighted by atomic mass is 32.1. The molecule has 0 N–H and O–H groups in total. The van der Waals surface area contributed by atoms with E-state index in [1.54, 1.807) is 11.3 Å². The molecule has 1 aromatic rings. The molecule has 4 nitrogen and oxygen atoms in total. The second-order valence-corrected chi connectivity index (χ2v) is 7.27. The van der Waals surface area contributed by atoms with Crippen LogP contribution in [0.1, 0.15) is 37.8 Å². The second-order valence-electron chi connectivity index (χ2n) is 6.49. The molecule has 0 saturated carbocycles. The van der Waals surface area contributed by atoms with E-state index in [-0.39, 0.29) is 0 Å². The van der Waals surface area contributed by atoms with E-state index in [4.69, 9.17) is 0 Å². The van der Waals surface area contributed by atoms with Crippen molar-refractivity contribution in [1.29, 1.82) is 0 Å². The Kier molecular flexibility index (Phi) is 5.50. The van der Waals surface area contributed by atoms with Gasteiger partial charge in [-0.15, -0.1) is 0 Å². The van der Waals surface area contributed by atoms with Crippen LogP contribution in [0.25, 0.3) is 0 Å². The fraction of sp³-hybridized carbons (Fsp3) is 0.706. The van der Waals surface area contributed by atoms with Crippen LogP contribution < -0.4 is 0 Å². The van der Waals surface area contributed by atoms with Crippen molar-refractivity contribution in [2.45, 2.75) is 32.2 Å². The maximum atomic E-state index is 12.3. The Morgan fingerprint density at radius 2 is 1.86 bits per heavy atom. The lowest BCUT2D eigenvalue weighted by molar-refractivity contribution is -0.133. The normalized spacial score (nSPS) is 22.7. The van der Waals surface area contributed by atoms with Crippen molar-refractivity contribution in [2.75, 3.05) is 45.8 Å². The van der Waals surface area contributed by atoms with Crippen LogP contribution in [0.4, 0.5) is 0 Å². The largest absolute Gasteiger partial charge is 0.342 e. The van der Waals surface area contributed by atoms with Gasteiger partial charge in [0.1, 0.15) is 0 Å². The summed E-state index contributed by atoms with van der Waals surface area (Å²) in [5, 5.41) is 4.40. The maximum Gasteiger partial charge on any atom is 0.236 e. The monoisotopic (exact) mass is 321 g/mol. The smallest absolute Gasteiger partial charge is 0.236 e. The van der Waals surface area contributed by atoms with Gasteiger partial charge in [-0.05, 0) is 48.6 Å². The molecule has 1 unspecified atom stereocenters. The Bertz CT molecular complexity index is 462. The quantitative estimate of drug-likeness (QED) is 0.852. The molecule has 5 heteroatoms. The fourth-order valence-electron chi connectivity index (χ4n) is 3.47. The maximum absolute atomic E-state index is 12.3. The molecule has 3 heterocycles. The van der Waals surface area contributed by atoms with Gasteiger partial charge in [0.25, 0.3) is 0 Å². The Morgan fingerprint density at radius 3 is 2.50 bits per heavy atom. The van der Waals surface area contributed by atoms with Crippen LogP contribution in [0, 0.1) is 0 Å². The molecular weight excluding hydrogens is 294 g/mol. The van der Waals surface area contributed by atoms with Crippen LogP contribution in [0.15, 0.2) is 16.8 Å². The molecule has 0 radical (unpaired) electrons. The summed E-state index contributed by atoms with van der Waals surface area (Å²) < 4.78 is 0. The van der Waals surface area contributed by atoms with Crippen LogP contribution in [0.5, 0.6) is 0 Å². The molecule has 2 fully saturated rings.